The van der Waals surface area contributed by atoms with E-state index >= 15 is 0 Å². The zero-order valence-corrected chi connectivity index (χ0v) is 9.60. The summed E-state index contributed by atoms with van der Waals surface area (Å²) >= 11 is 0. The van der Waals surface area contributed by atoms with Gasteiger partial charge in [-0.05, 0) is 19.4 Å². The molecular formula is C12H18N2O2. The Morgan fingerprint density at radius 2 is 2.00 bits per heavy atom. The maximum atomic E-state index is 10.5. The minimum atomic E-state index is -0.983. The van der Waals surface area contributed by atoms with Crippen molar-refractivity contribution in [1.82, 2.24) is 5.32 Å². The Balaban J connectivity index is 2.49. The molecular weight excluding hydrogens is 204 g/mol. The molecule has 0 aliphatic rings. The number of carboxylic acid groups (broad SMARTS) is 1. The summed E-state index contributed by atoms with van der Waals surface area (Å²) < 4.78 is 0. The van der Waals surface area contributed by atoms with E-state index < -0.39 is 12.0 Å². The van der Waals surface area contributed by atoms with Gasteiger partial charge in [0.2, 0.25) is 0 Å². The van der Waals surface area contributed by atoms with Crippen molar-refractivity contribution in [3.05, 3.63) is 35.4 Å². The average molecular weight is 222 g/mol. The molecule has 4 heteroatoms. The number of carbonyl (C=O) groups is 1. The predicted octanol–water partition coefficient (Wildman–Crippen LogP) is 1.06. The summed E-state index contributed by atoms with van der Waals surface area (Å²) in [5.74, 6) is -0.983. The van der Waals surface area contributed by atoms with Crippen molar-refractivity contribution in [3.8, 4) is 0 Å². The Hall–Kier alpha value is -1.39. The number of hydrogen-bond acceptors (Lipinski definition) is 3. The summed E-state index contributed by atoms with van der Waals surface area (Å²) in [6.07, 6.45) is 0. The first-order valence-corrected chi connectivity index (χ1v) is 5.29. The fourth-order valence-electron chi connectivity index (χ4n) is 1.36. The highest BCUT2D eigenvalue weighted by molar-refractivity contribution is 5.73. The molecule has 0 aliphatic carbocycles. The normalized spacial score (nSPS) is 14.4. The van der Waals surface area contributed by atoms with E-state index in [-0.39, 0.29) is 12.6 Å². The summed E-state index contributed by atoms with van der Waals surface area (Å²) in [5.41, 5.74) is 7.74. The molecule has 0 fully saturated rings. The first kappa shape index (κ1) is 12.7. The highest BCUT2D eigenvalue weighted by Gasteiger charge is 2.12. The highest BCUT2D eigenvalue weighted by atomic mass is 16.4. The maximum absolute atomic E-state index is 10.5. The smallest absolute Gasteiger partial charge is 0.321 e. The van der Waals surface area contributed by atoms with Gasteiger partial charge in [0.1, 0.15) is 6.04 Å². The van der Waals surface area contributed by atoms with E-state index in [1.165, 1.54) is 5.56 Å². The van der Waals surface area contributed by atoms with Crippen molar-refractivity contribution in [2.45, 2.75) is 25.9 Å². The fraction of sp³-hybridized carbons (Fsp3) is 0.417. The van der Waals surface area contributed by atoms with Gasteiger partial charge in [-0.1, -0.05) is 29.8 Å². The van der Waals surface area contributed by atoms with E-state index in [4.69, 9.17) is 10.8 Å². The van der Waals surface area contributed by atoms with E-state index in [2.05, 4.69) is 5.32 Å². The van der Waals surface area contributed by atoms with Gasteiger partial charge in [-0.2, -0.15) is 0 Å². The third kappa shape index (κ3) is 3.64. The van der Waals surface area contributed by atoms with Crippen LogP contribution in [0.25, 0.3) is 0 Å². The van der Waals surface area contributed by atoms with Crippen LogP contribution in [0.5, 0.6) is 0 Å². The van der Waals surface area contributed by atoms with Gasteiger partial charge in [-0.25, -0.2) is 0 Å². The standard InChI is InChI=1S/C12H18N2O2/c1-8-3-5-10(6-4-8)9(2)14-7-11(13)12(15)16/h3-6,9,11,14H,7,13H2,1-2H3,(H,15,16). The molecule has 0 aliphatic heterocycles. The minimum absolute atomic E-state index is 0.103. The van der Waals surface area contributed by atoms with Crippen LogP contribution in [0.1, 0.15) is 24.1 Å². The highest BCUT2D eigenvalue weighted by Crippen LogP contribution is 2.12. The van der Waals surface area contributed by atoms with Gasteiger partial charge in [-0.3, -0.25) is 4.79 Å². The largest absolute Gasteiger partial charge is 0.480 e. The van der Waals surface area contributed by atoms with Crippen molar-refractivity contribution in [3.63, 3.8) is 0 Å². The van der Waals surface area contributed by atoms with Crippen molar-refractivity contribution in [2.75, 3.05) is 6.54 Å². The van der Waals surface area contributed by atoms with Crippen LogP contribution in [0.3, 0.4) is 0 Å². The van der Waals surface area contributed by atoms with Gasteiger partial charge in [0.15, 0.2) is 0 Å². The molecule has 0 saturated heterocycles. The number of carboxylic acids is 1. The van der Waals surface area contributed by atoms with E-state index in [9.17, 15) is 4.79 Å². The summed E-state index contributed by atoms with van der Waals surface area (Å²) in [5, 5.41) is 11.7. The lowest BCUT2D eigenvalue weighted by atomic mass is 10.1. The SMILES string of the molecule is Cc1ccc(C(C)NCC(N)C(=O)O)cc1. The molecule has 16 heavy (non-hydrogen) atoms. The van der Waals surface area contributed by atoms with Crippen molar-refractivity contribution < 1.29 is 9.90 Å². The molecule has 0 spiro atoms. The van der Waals surface area contributed by atoms with Gasteiger partial charge in [0.25, 0.3) is 0 Å². The molecule has 1 aromatic carbocycles. The quantitative estimate of drug-likeness (QED) is 0.696. The van der Waals surface area contributed by atoms with Crippen LogP contribution in [0.2, 0.25) is 0 Å². The molecule has 2 atom stereocenters. The van der Waals surface area contributed by atoms with Crippen LogP contribution in [0, 0.1) is 6.92 Å². The predicted molar refractivity (Wildman–Crippen MR) is 63.2 cm³/mol. The molecule has 0 radical (unpaired) electrons. The van der Waals surface area contributed by atoms with Gasteiger partial charge in [0, 0.05) is 12.6 Å². The number of aliphatic carboxylic acids is 1. The number of hydrogen-bond donors (Lipinski definition) is 3. The van der Waals surface area contributed by atoms with Gasteiger partial charge in [0.05, 0.1) is 0 Å². The molecule has 0 aromatic heterocycles. The molecule has 4 N–H and O–H groups in total. The first-order chi connectivity index (χ1) is 7.50. The van der Waals surface area contributed by atoms with Gasteiger partial charge < -0.3 is 16.2 Å². The molecule has 0 heterocycles. The summed E-state index contributed by atoms with van der Waals surface area (Å²) in [6.45, 7) is 4.28. The lowest BCUT2D eigenvalue weighted by molar-refractivity contribution is -0.138. The number of benzene rings is 1. The monoisotopic (exact) mass is 222 g/mol. The number of rotatable bonds is 5. The van der Waals surface area contributed by atoms with Gasteiger partial charge >= 0.3 is 5.97 Å². The summed E-state index contributed by atoms with van der Waals surface area (Å²) in [7, 11) is 0. The zero-order valence-electron chi connectivity index (χ0n) is 9.60. The molecule has 4 nitrogen and oxygen atoms in total. The molecule has 2 unspecified atom stereocenters. The zero-order chi connectivity index (χ0) is 12.1. The molecule has 1 rings (SSSR count). The van der Waals surface area contributed by atoms with Crippen LogP contribution in [-0.4, -0.2) is 23.7 Å². The van der Waals surface area contributed by atoms with Gasteiger partial charge in [-0.15, -0.1) is 0 Å². The summed E-state index contributed by atoms with van der Waals surface area (Å²) in [4.78, 5) is 10.5. The Bertz CT molecular complexity index is 349. The third-order valence-corrected chi connectivity index (χ3v) is 2.54. The number of nitrogens with one attached hydrogen (secondary N) is 1. The van der Waals surface area contributed by atoms with Crippen molar-refractivity contribution >= 4 is 5.97 Å². The third-order valence-electron chi connectivity index (χ3n) is 2.54. The van der Waals surface area contributed by atoms with Crippen LogP contribution >= 0.6 is 0 Å². The second-order valence-electron chi connectivity index (χ2n) is 3.99. The fourth-order valence-corrected chi connectivity index (χ4v) is 1.36. The Kier molecular flexibility index (Phi) is 4.46. The molecule has 0 amide bonds. The van der Waals surface area contributed by atoms with E-state index in [0.717, 1.165) is 5.56 Å². The first-order valence-electron chi connectivity index (χ1n) is 5.29. The lowest BCUT2D eigenvalue weighted by Gasteiger charge is -2.16. The second kappa shape index (κ2) is 5.63. The Labute approximate surface area is 95.5 Å². The van der Waals surface area contributed by atoms with Crippen molar-refractivity contribution in [1.29, 1.82) is 0 Å². The maximum Gasteiger partial charge on any atom is 0.321 e. The molecule has 0 saturated carbocycles. The second-order valence-corrected chi connectivity index (χ2v) is 3.99. The summed E-state index contributed by atoms with van der Waals surface area (Å²) in [6, 6.07) is 7.37. The van der Waals surface area contributed by atoms with E-state index in [1.54, 1.807) is 0 Å². The number of aryl methyl sites for hydroxylation is 1. The van der Waals surface area contributed by atoms with E-state index in [0.29, 0.717) is 0 Å². The Morgan fingerprint density at radius 1 is 1.44 bits per heavy atom. The van der Waals surface area contributed by atoms with E-state index in [1.807, 2.05) is 38.1 Å². The average Bonchev–Trinajstić information content (AvgIpc) is 2.26. The lowest BCUT2D eigenvalue weighted by Crippen LogP contribution is -2.41. The van der Waals surface area contributed by atoms with Crippen LogP contribution in [0.4, 0.5) is 0 Å². The molecule has 88 valence electrons. The van der Waals surface area contributed by atoms with Crippen LogP contribution in [-0.2, 0) is 4.79 Å². The molecule has 0 bridgehead atoms. The van der Waals surface area contributed by atoms with Crippen LogP contribution < -0.4 is 11.1 Å². The topological polar surface area (TPSA) is 75.3 Å². The number of nitrogens with two attached hydrogens (primary N) is 1. The van der Waals surface area contributed by atoms with Crippen molar-refractivity contribution in [2.24, 2.45) is 5.73 Å². The van der Waals surface area contributed by atoms with Crippen LogP contribution in [0.15, 0.2) is 24.3 Å². The molecule has 1 aromatic rings. The Morgan fingerprint density at radius 3 is 2.50 bits per heavy atom. The minimum Gasteiger partial charge on any atom is -0.480 e.